The van der Waals surface area contributed by atoms with E-state index in [1.54, 1.807) is 0 Å². The van der Waals surface area contributed by atoms with Crippen LogP contribution in [0.3, 0.4) is 0 Å². The minimum absolute atomic E-state index is 0.00855. The lowest BCUT2D eigenvalue weighted by atomic mass is 10.1. The SMILES string of the molecule is CCN(CC)C(=O)C(C)NC(C)c1cc(Cl)sc1Cl. The minimum atomic E-state index is -0.246. The van der Waals surface area contributed by atoms with Gasteiger partial charge in [-0.1, -0.05) is 23.2 Å². The number of halogens is 2. The van der Waals surface area contributed by atoms with Crippen LogP contribution in [0.2, 0.25) is 8.67 Å². The van der Waals surface area contributed by atoms with E-state index in [-0.39, 0.29) is 18.0 Å². The Bertz CT molecular complexity index is 432. The highest BCUT2D eigenvalue weighted by atomic mass is 35.5. The maximum absolute atomic E-state index is 12.2. The molecule has 0 spiro atoms. The van der Waals surface area contributed by atoms with Gasteiger partial charge in [0.1, 0.15) is 0 Å². The summed E-state index contributed by atoms with van der Waals surface area (Å²) in [6.07, 6.45) is 0. The van der Waals surface area contributed by atoms with Gasteiger partial charge in [-0.2, -0.15) is 0 Å². The zero-order valence-electron chi connectivity index (χ0n) is 11.7. The Kier molecular flexibility index (Phi) is 6.60. The first-order valence-corrected chi connectivity index (χ1v) is 7.97. The molecule has 1 amide bonds. The van der Waals surface area contributed by atoms with Gasteiger partial charge in [0.25, 0.3) is 0 Å². The van der Waals surface area contributed by atoms with Crippen LogP contribution in [-0.4, -0.2) is 29.9 Å². The third-order valence-corrected chi connectivity index (χ3v) is 4.61. The molecule has 1 aromatic heterocycles. The summed E-state index contributed by atoms with van der Waals surface area (Å²) in [7, 11) is 0. The van der Waals surface area contributed by atoms with E-state index in [1.807, 2.05) is 38.7 Å². The second kappa shape index (κ2) is 7.48. The molecule has 0 radical (unpaired) electrons. The first-order valence-electron chi connectivity index (χ1n) is 6.40. The molecule has 0 aliphatic carbocycles. The number of hydrogen-bond donors (Lipinski definition) is 1. The third kappa shape index (κ3) is 4.35. The van der Waals surface area contributed by atoms with Crippen LogP contribution in [0.1, 0.15) is 39.3 Å². The van der Waals surface area contributed by atoms with Crippen LogP contribution < -0.4 is 5.32 Å². The van der Waals surface area contributed by atoms with E-state index in [4.69, 9.17) is 23.2 Å². The molecule has 0 aromatic carbocycles. The van der Waals surface area contributed by atoms with Crippen LogP contribution >= 0.6 is 34.5 Å². The summed E-state index contributed by atoms with van der Waals surface area (Å²) in [5.41, 5.74) is 0.941. The molecule has 2 atom stereocenters. The van der Waals surface area contributed by atoms with Crippen molar-refractivity contribution in [3.63, 3.8) is 0 Å². The maximum Gasteiger partial charge on any atom is 0.239 e. The highest BCUT2D eigenvalue weighted by Gasteiger charge is 2.22. The highest BCUT2D eigenvalue weighted by molar-refractivity contribution is 7.20. The topological polar surface area (TPSA) is 32.3 Å². The van der Waals surface area contributed by atoms with E-state index in [0.717, 1.165) is 18.7 Å². The predicted octanol–water partition coefficient (Wildman–Crippen LogP) is 3.96. The molecule has 19 heavy (non-hydrogen) atoms. The molecule has 1 rings (SSSR count). The molecule has 0 fully saturated rings. The number of amides is 1. The molecule has 6 heteroatoms. The van der Waals surface area contributed by atoms with Crippen molar-refractivity contribution in [3.05, 3.63) is 20.3 Å². The van der Waals surface area contributed by atoms with Crippen molar-refractivity contribution in [2.75, 3.05) is 13.1 Å². The summed E-state index contributed by atoms with van der Waals surface area (Å²) in [5.74, 6) is 0.106. The molecule has 1 aromatic rings. The van der Waals surface area contributed by atoms with Gasteiger partial charge in [-0.05, 0) is 39.3 Å². The summed E-state index contributed by atoms with van der Waals surface area (Å²) in [6, 6.07) is 1.59. The molecular weight excluding hydrogens is 303 g/mol. The molecule has 0 aliphatic rings. The molecule has 0 saturated heterocycles. The van der Waals surface area contributed by atoms with Crippen LogP contribution in [-0.2, 0) is 4.79 Å². The average molecular weight is 323 g/mol. The Balaban J connectivity index is 2.68. The average Bonchev–Trinajstić information content (AvgIpc) is 2.69. The summed E-state index contributed by atoms with van der Waals surface area (Å²) < 4.78 is 1.34. The lowest BCUT2D eigenvalue weighted by Crippen LogP contribution is -2.45. The van der Waals surface area contributed by atoms with Crippen molar-refractivity contribution in [3.8, 4) is 0 Å². The van der Waals surface area contributed by atoms with Gasteiger partial charge in [0.2, 0.25) is 5.91 Å². The molecule has 1 N–H and O–H groups in total. The molecule has 0 bridgehead atoms. The van der Waals surface area contributed by atoms with E-state index >= 15 is 0 Å². The lowest BCUT2D eigenvalue weighted by molar-refractivity contribution is -0.132. The quantitative estimate of drug-likeness (QED) is 0.859. The first-order chi connectivity index (χ1) is 8.90. The number of thiophene rings is 1. The Morgan fingerprint density at radius 1 is 1.37 bits per heavy atom. The number of likely N-dealkylation sites (N-methyl/N-ethyl adjacent to an activating group) is 1. The van der Waals surface area contributed by atoms with Gasteiger partial charge in [-0.25, -0.2) is 0 Å². The summed E-state index contributed by atoms with van der Waals surface area (Å²) in [4.78, 5) is 14.0. The van der Waals surface area contributed by atoms with Gasteiger partial charge in [-0.3, -0.25) is 10.1 Å². The van der Waals surface area contributed by atoms with Gasteiger partial charge in [0, 0.05) is 19.1 Å². The number of nitrogens with zero attached hydrogens (tertiary/aromatic N) is 1. The van der Waals surface area contributed by atoms with Gasteiger partial charge < -0.3 is 4.90 Å². The largest absolute Gasteiger partial charge is 0.342 e. The van der Waals surface area contributed by atoms with E-state index in [9.17, 15) is 4.79 Å². The first kappa shape index (κ1) is 16.8. The van der Waals surface area contributed by atoms with Gasteiger partial charge in [-0.15, -0.1) is 11.3 Å². The molecule has 3 nitrogen and oxygen atoms in total. The van der Waals surface area contributed by atoms with Crippen molar-refractivity contribution < 1.29 is 4.79 Å². The van der Waals surface area contributed by atoms with Crippen molar-refractivity contribution in [1.82, 2.24) is 10.2 Å². The zero-order chi connectivity index (χ0) is 14.6. The van der Waals surface area contributed by atoms with Crippen LogP contribution in [0.25, 0.3) is 0 Å². The smallest absolute Gasteiger partial charge is 0.239 e. The Hall–Kier alpha value is -0.290. The zero-order valence-corrected chi connectivity index (χ0v) is 14.0. The third-order valence-electron chi connectivity index (χ3n) is 3.10. The van der Waals surface area contributed by atoms with Crippen LogP contribution in [0, 0.1) is 0 Å². The molecular formula is C13H20Cl2N2OS. The fraction of sp³-hybridized carbons (Fsp3) is 0.615. The molecule has 2 unspecified atom stereocenters. The van der Waals surface area contributed by atoms with Crippen molar-refractivity contribution in [2.24, 2.45) is 0 Å². The van der Waals surface area contributed by atoms with E-state index < -0.39 is 0 Å². The molecule has 1 heterocycles. The second-order valence-electron chi connectivity index (χ2n) is 4.40. The van der Waals surface area contributed by atoms with E-state index in [0.29, 0.717) is 8.67 Å². The van der Waals surface area contributed by atoms with Gasteiger partial charge >= 0.3 is 0 Å². The van der Waals surface area contributed by atoms with Crippen molar-refractivity contribution in [2.45, 2.75) is 39.8 Å². The van der Waals surface area contributed by atoms with Gasteiger partial charge in [0.05, 0.1) is 14.7 Å². The minimum Gasteiger partial charge on any atom is -0.342 e. The van der Waals surface area contributed by atoms with Crippen LogP contribution in [0.5, 0.6) is 0 Å². The number of carbonyl (C=O) groups excluding carboxylic acids is 1. The molecule has 0 saturated carbocycles. The van der Waals surface area contributed by atoms with E-state index in [1.165, 1.54) is 11.3 Å². The molecule has 0 aliphatic heterocycles. The number of rotatable bonds is 6. The maximum atomic E-state index is 12.2. The van der Waals surface area contributed by atoms with E-state index in [2.05, 4.69) is 5.32 Å². The summed E-state index contributed by atoms with van der Waals surface area (Å²) >= 11 is 13.4. The number of carbonyl (C=O) groups is 1. The Labute approximate surface area is 128 Å². The fourth-order valence-electron chi connectivity index (χ4n) is 1.99. The van der Waals surface area contributed by atoms with Crippen molar-refractivity contribution in [1.29, 1.82) is 0 Å². The van der Waals surface area contributed by atoms with Crippen LogP contribution in [0.15, 0.2) is 6.07 Å². The second-order valence-corrected chi connectivity index (χ2v) is 6.69. The number of nitrogens with one attached hydrogen (secondary N) is 1. The Morgan fingerprint density at radius 2 is 1.95 bits per heavy atom. The lowest BCUT2D eigenvalue weighted by Gasteiger charge is -2.25. The number of hydrogen-bond acceptors (Lipinski definition) is 3. The standard InChI is InChI=1S/C13H20Cl2N2OS/c1-5-17(6-2)13(18)9(4)16-8(3)10-7-11(14)19-12(10)15/h7-9,16H,5-6H2,1-4H3. The monoisotopic (exact) mass is 322 g/mol. The Morgan fingerprint density at radius 3 is 2.37 bits per heavy atom. The predicted molar refractivity (Wildman–Crippen MR) is 83.3 cm³/mol. The normalized spacial score (nSPS) is 14.2. The van der Waals surface area contributed by atoms with Crippen molar-refractivity contribution >= 4 is 40.4 Å². The summed E-state index contributed by atoms with van der Waals surface area (Å²) in [5, 5.41) is 3.27. The summed E-state index contributed by atoms with van der Waals surface area (Å²) in [6.45, 7) is 9.26. The van der Waals surface area contributed by atoms with Gasteiger partial charge in [0.15, 0.2) is 0 Å². The fourth-order valence-corrected chi connectivity index (χ4v) is 3.64. The van der Waals surface area contributed by atoms with Crippen LogP contribution in [0.4, 0.5) is 0 Å². The highest BCUT2D eigenvalue weighted by Crippen LogP contribution is 2.34. The molecule has 108 valence electrons.